The Balaban J connectivity index is 2.76. The Kier molecular flexibility index (Phi) is 3.51. The van der Waals surface area contributed by atoms with Crippen LogP contribution in [0.2, 0.25) is 0 Å². The zero-order valence-electron chi connectivity index (χ0n) is 10.0. The van der Waals surface area contributed by atoms with Crippen molar-refractivity contribution in [1.82, 2.24) is 0 Å². The van der Waals surface area contributed by atoms with E-state index in [0.717, 1.165) is 25.7 Å². The Bertz CT molecular complexity index is 308. The highest BCUT2D eigenvalue weighted by molar-refractivity contribution is 7.92. The fourth-order valence-corrected chi connectivity index (χ4v) is 3.47. The molecule has 0 saturated heterocycles. The quantitative estimate of drug-likeness (QED) is 0.792. The van der Waals surface area contributed by atoms with Gasteiger partial charge in [-0.3, -0.25) is 0 Å². The summed E-state index contributed by atoms with van der Waals surface area (Å²) in [4.78, 5) is 0. The molecule has 0 atom stereocenters. The van der Waals surface area contributed by atoms with Crippen molar-refractivity contribution in [2.45, 2.75) is 63.2 Å². The van der Waals surface area contributed by atoms with Crippen molar-refractivity contribution in [3.05, 3.63) is 0 Å². The van der Waals surface area contributed by atoms with E-state index in [9.17, 15) is 8.42 Å². The van der Waals surface area contributed by atoms with Gasteiger partial charge in [-0.05, 0) is 33.6 Å². The standard InChI is InChI=1S/C11H23NO2S/c1-10(2,3)15(13,14)9-11(12)7-5-4-6-8-11/h4-9,12H2,1-3H3. The normalized spacial score (nSPS) is 22.7. The van der Waals surface area contributed by atoms with Crippen LogP contribution in [0.3, 0.4) is 0 Å². The number of hydrogen-bond donors (Lipinski definition) is 1. The van der Waals surface area contributed by atoms with Gasteiger partial charge in [-0.15, -0.1) is 0 Å². The molecule has 0 bridgehead atoms. The first-order valence-electron chi connectivity index (χ1n) is 5.68. The molecule has 0 spiro atoms. The van der Waals surface area contributed by atoms with Gasteiger partial charge in [-0.1, -0.05) is 19.3 Å². The minimum Gasteiger partial charge on any atom is -0.324 e. The number of nitrogens with two attached hydrogens (primary N) is 1. The van der Waals surface area contributed by atoms with E-state index in [2.05, 4.69) is 0 Å². The Hall–Kier alpha value is -0.0900. The number of rotatable bonds is 2. The van der Waals surface area contributed by atoms with Crippen LogP contribution in [0.25, 0.3) is 0 Å². The topological polar surface area (TPSA) is 60.2 Å². The van der Waals surface area contributed by atoms with Crippen molar-refractivity contribution in [2.24, 2.45) is 5.73 Å². The molecule has 0 amide bonds. The van der Waals surface area contributed by atoms with Crippen molar-refractivity contribution in [2.75, 3.05) is 5.75 Å². The van der Waals surface area contributed by atoms with E-state index in [1.807, 2.05) is 0 Å². The highest BCUT2D eigenvalue weighted by atomic mass is 32.2. The van der Waals surface area contributed by atoms with Crippen molar-refractivity contribution in [3.63, 3.8) is 0 Å². The monoisotopic (exact) mass is 233 g/mol. The predicted octanol–water partition coefficient (Wildman–Crippen LogP) is 1.86. The summed E-state index contributed by atoms with van der Waals surface area (Å²) in [6.45, 7) is 5.23. The average Bonchev–Trinajstić information content (AvgIpc) is 2.00. The maximum atomic E-state index is 12.0. The highest BCUT2D eigenvalue weighted by Gasteiger charge is 2.38. The Morgan fingerprint density at radius 1 is 1.13 bits per heavy atom. The van der Waals surface area contributed by atoms with Crippen LogP contribution in [0.5, 0.6) is 0 Å². The lowest BCUT2D eigenvalue weighted by molar-refractivity contribution is 0.322. The third-order valence-electron chi connectivity index (χ3n) is 3.26. The largest absolute Gasteiger partial charge is 0.324 e. The first kappa shape index (κ1) is 13.0. The second-order valence-electron chi connectivity index (χ2n) is 5.79. The van der Waals surface area contributed by atoms with E-state index >= 15 is 0 Å². The van der Waals surface area contributed by atoms with Crippen LogP contribution in [-0.2, 0) is 9.84 Å². The summed E-state index contributed by atoms with van der Waals surface area (Å²) >= 11 is 0. The Labute approximate surface area is 93.3 Å². The molecule has 90 valence electrons. The molecule has 0 aliphatic heterocycles. The number of hydrogen-bond acceptors (Lipinski definition) is 3. The van der Waals surface area contributed by atoms with Crippen LogP contribution in [0.4, 0.5) is 0 Å². The van der Waals surface area contributed by atoms with Crippen molar-refractivity contribution in [1.29, 1.82) is 0 Å². The Morgan fingerprint density at radius 2 is 1.60 bits per heavy atom. The second kappa shape index (κ2) is 4.06. The molecule has 0 aromatic carbocycles. The molecule has 1 fully saturated rings. The van der Waals surface area contributed by atoms with Gasteiger partial charge >= 0.3 is 0 Å². The van der Waals surface area contributed by atoms with Gasteiger partial charge in [0.15, 0.2) is 9.84 Å². The second-order valence-corrected chi connectivity index (χ2v) is 8.54. The highest BCUT2D eigenvalue weighted by Crippen LogP contribution is 2.30. The minimum absolute atomic E-state index is 0.142. The SMILES string of the molecule is CC(C)(C)S(=O)(=O)CC1(N)CCCCC1. The third kappa shape index (κ3) is 3.18. The molecule has 0 aromatic rings. The van der Waals surface area contributed by atoms with Crippen molar-refractivity contribution < 1.29 is 8.42 Å². The van der Waals surface area contributed by atoms with E-state index < -0.39 is 20.1 Å². The summed E-state index contributed by atoms with van der Waals surface area (Å²) < 4.78 is 23.4. The molecular weight excluding hydrogens is 210 g/mol. The van der Waals surface area contributed by atoms with Crippen molar-refractivity contribution in [3.8, 4) is 0 Å². The van der Waals surface area contributed by atoms with Crippen LogP contribution in [0.15, 0.2) is 0 Å². The lowest BCUT2D eigenvalue weighted by Crippen LogP contribution is -2.50. The van der Waals surface area contributed by atoms with E-state index in [1.54, 1.807) is 20.8 Å². The van der Waals surface area contributed by atoms with E-state index in [0.29, 0.717) is 0 Å². The van der Waals surface area contributed by atoms with Gasteiger partial charge in [-0.25, -0.2) is 8.42 Å². The molecule has 4 heteroatoms. The Morgan fingerprint density at radius 3 is 2.00 bits per heavy atom. The summed E-state index contributed by atoms with van der Waals surface area (Å²) in [6.07, 6.45) is 5.02. The van der Waals surface area contributed by atoms with Crippen LogP contribution < -0.4 is 5.73 Å². The molecule has 0 unspecified atom stereocenters. The molecule has 0 heterocycles. The summed E-state index contributed by atoms with van der Waals surface area (Å²) in [5, 5.41) is 0. The molecule has 2 N–H and O–H groups in total. The van der Waals surface area contributed by atoms with Gasteiger partial charge in [0.05, 0.1) is 10.5 Å². The fourth-order valence-electron chi connectivity index (χ4n) is 2.00. The first-order chi connectivity index (χ1) is 6.66. The van der Waals surface area contributed by atoms with Crippen LogP contribution in [0, 0.1) is 0 Å². The van der Waals surface area contributed by atoms with Gasteiger partial charge in [-0.2, -0.15) is 0 Å². The zero-order valence-corrected chi connectivity index (χ0v) is 10.9. The lowest BCUT2D eigenvalue weighted by Gasteiger charge is -2.35. The summed E-state index contributed by atoms with van der Waals surface area (Å²) in [6, 6.07) is 0. The summed E-state index contributed by atoms with van der Waals surface area (Å²) in [5.41, 5.74) is 5.69. The minimum atomic E-state index is -3.08. The zero-order chi connectivity index (χ0) is 11.7. The molecule has 15 heavy (non-hydrogen) atoms. The molecule has 1 aliphatic carbocycles. The maximum Gasteiger partial charge on any atom is 0.156 e. The third-order valence-corrected chi connectivity index (χ3v) is 6.08. The molecule has 0 aromatic heterocycles. The van der Waals surface area contributed by atoms with Crippen LogP contribution in [0.1, 0.15) is 52.9 Å². The summed E-state index contributed by atoms with van der Waals surface area (Å²) in [5.74, 6) is 0.142. The van der Waals surface area contributed by atoms with Gasteiger partial charge in [0.2, 0.25) is 0 Å². The van der Waals surface area contributed by atoms with Gasteiger partial charge < -0.3 is 5.73 Å². The molecule has 3 nitrogen and oxygen atoms in total. The lowest BCUT2D eigenvalue weighted by atomic mass is 9.84. The van der Waals surface area contributed by atoms with Crippen LogP contribution in [-0.4, -0.2) is 24.5 Å². The van der Waals surface area contributed by atoms with Gasteiger partial charge in [0.25, 0.3) is 0 Å². The van der Waals surface area contributed by atoms with Crippen molar-refractivity contribution >= 4 is 9.84 Å². The predicted molar refractivity (Wildman–Crippen MR) is 63.5 cm³/mol. The summed E-state index contributed by atoms with van der Waals surface area (Å²) in [7, 11) is -3.08. The number of sulfone groups is 1. The van der Waals surface area contributed by atoms with E-state index in [4.69, 9.17) is 5.73 Å². The molecule has 1 rings (SSSR count). The molecular formula is C11H23NO2S. The molecule has 1 aliphatic rings. The van der Waals surface area contributed by atoms with Crippen LogP contribution >= 0.6 is 0 Å². The van der Waals surface area contributed by atoms with E-state index in [-0.39, 0.29) is 5.75 Å². The van der Waals surface area contributed by atoms with Gasteiger partial charge in [0, 0.05) is 5.54 Å². The van der Waals surface area contributed by atoms with Gasteiger partial charge in [0.1, 0.15) is 0 Å². The van der Waals surface area contributed by atoms with E-state index in [1.165, 1.54) is 6.42 Å². The molecule has 1 saturated carbocycles. The fraction of sp³-hybridized carbons (Fsp3) is 1.00. The molecule has 0 radical (unpaired) electrons. The first-order valence-corrected chi connectivity index (χ1v) is 7.33. The smallest absolute Gasteiger partial charge is 0.156 e. The average molecular weight is 233 g/mol. The maximum absolute atomic E-state index is 12.0.